The second-order valence-corrected chi connectivity index (χ2v) is 5.46. The van der Waals surface area contributed by atoms with E-state index >= 15 is 0 Å². The van der Waals surface area contributed by atoms with Crippen molar-refractivity contribution in [3.05, 3.63) is 69.3 Å². The van der Waals surface area contributed by atoms with Crippen LogP contribution in [0.1, 0.15) is 38.9 Å². The summed E-state index contributed by atoms with van der Waals surface area (Å²) in [6.45, 7) is 10.8. The molecule has 0 heteroatoms. The Morgan fingerprint density at radius 3 is 1.68 bits per heavy atom. The summed E-state index contributed by atoms with van der Waals surface area (Å²) in [7, 11) is 0. The third kappa shape index (κ3) is 3.14. The minimum atomic E-state index is 1.26. The first-order valence-corrected chi connectivity index (χ1v) is 6.80. The van der Waals surface area contributed by atoms with Gasteiger partial charge >= 0.3 is 0 Å². The molecular formula is C19H22. The van der Waals surface area contributed by atoms with Gasteiger partial charge in [-0.3, -0.25) is 0 Å². The number of rotatable bonds is 2. The van der Waals surface area contributed by atoms with E-state index in [0.717, 1.165) is 0 Å². The molecule has 0 N–H and O–H groups in total. The third-order valence-electron chi connectivity index (χ3n) is 3.95. The Balaban J connectivity index is 2.30. The van der Waals surface area contributed by atoms with Crippen LogP contribution in [0.15, 0.2) is 30.3 Å². The van der Waals surface area contributed by atoms with Gasteiger partial charge in [0, 0.05) is 0 Å². The van der Waals surface area contributed by atoms with E-state index in [1.165, 1.54) is 38.9 Å². The molecule has 2 aromatic carbocycles. The summed E-state index contributed by atoms with van der Waals surface area (Å²) in [5.41, 5.74) is 9.35. The van der Waals surface area contributed by atoms with Crippen LogP contribution in [-0.4, -0.2) is 0 Å². The highest BCUT2D eigenvalue weighted by Crippen LogP contribution is 2.18. The van der Waals surface area contributed by atoms with Crippen molar-refractivity contribution in [2.45, 2.75) is 34.6 Å². The monoisotopic (exact) mass is 250 g/mol. The number of benzene rings is 2. The van der Waals surface area contributed by atoms with Gasteiger partial charge in [0.2, 0.25) is 0 Å². The fraction of sp³-hybridized carbons (Fsp3) is 0.263. The molecule has 0 aliphatic rings. The number of aryl methyl sites for hydroxylation is 4. The van der Waals surface area contributed by atoms with Crippen LogP contribution in [0.4, 0.5) is 0 Å². The van der Waals surface area contributed by atoms with Crippen molar-refractivity contribution < 1.29 is 0 Å². The van der Waals surface area contributed by atoms with Gasteiger partial charge in [0.25, 0.3) is 0 Å². The second-order valence-electron chi connectivity index (χ2n) is 5.46. The molecule has 0 saturated heterocycles. The molecule has 0 atom stereocenters. The Labute approximate surface area is 116 Å². The van der Waals surface area contributed by atoms with E-state index in [9.17, 15) is 0 Å². The van der Waals surface area contributed by atoms with Crippen molar-refractivity contribution in [2.75, 3.05) is 0 Å². The third-order valence-corrected chi connectivity index (χ3v) is 3.95. The van der Waals surface area contributed by atoms with Gasteiger partial charge in [-0.25, -0.2) is 0 Å². The van der Waals surface area contributed by atoms with Crippen LogP contribution in [0.3, 0.4) is 0 Å². The Morgan fingerprint density at radius 1 is 0.579 bits per heavy atom. The summed E-state index contributed by atoms with van der Waals surface area (Å²) in [4.78, 5) is 0. The molecule has 0 aromatic heterocycles. The Hall–Kier alpha value is -1.82. The van der Waals surface area contributed by atoms with Crippen LogP contribution < -0.4 is 0 Å². The van der Waals surface area contributed by atoms with Crippen LogP contribution in [-0.2, 0) is 0 Å². The fourth-order valence-corrected chi connectivity index (χ4v) is 2.23. The van der Waals surface area contributed by atoms with Crippen LogP contribution in [0, 0.1) is 34.6 Å². The minimum Gasteiger partial charge on any atom is -0.0585 e. The molecule has 0 bridgehead atoms. The van der Waals surface area contributed by atoms with Gasteiger partial charge in [0.1, 0.15) is 0 Å². The van der Waals surface area contributed by atoms with E-state index in [1.54, 1.807) is 0 Å². The quantitative estimate of drug-likeness (QED) is 0.626. The maximum atomic E-state index is 2.25. The van der Waals surface area contributed by atoms with Crippen LogP contribution in [0.2, 0.25) is 0 Å². The molecule has 0 spiro atoms. The summed E-state index contributed by atoms with van der Waals surface area (Å²) < 4.78 is 0. The second kappa shape index (κ2) is 5.44. The first-order chi connectivity index (χ1) is 8.97. The molecule has 0 aliphatic heterocycles. The Kier molecular flexibility index (Phi) is 3.90. The molecule has 0 radical (unpaired) electrons. The van der Waals surface area contributed by atoms with E-state index in [1.807, 2.05) is 0 Å². The van der Waals surface area contributed by atoms with Crippen LogP contribution >= 0.6 is 0 Å². The lowest BCUT2D eigenvalue weighted by molar-refractivity contribution is 1.26. The lowest BCUT2D eigenvalue weighted by Crippen LogP contribution is -1.87. The predicted molar refractivity (Wildman–Crippen MR) is 85.5 cm³/mol. The molecule has 0 aliphatic carbocycles. The number of hydrogen-bond donors (Lipinski definition) is 0. The van der Waals surface area contributed by atoms with E-state index < -0.39 is 0 Å². The number of hydrogen-bond acceptors (Lipinski definition) is 0. The highest BCUT2D eigenvalue weighted by molar-refractivity contribution is 5.71. The van der Waals surface area contributed by atoms with Gasteiger partial charge in [-0.1, -0.05) is 42.5 Å². The molecule has 19 heavy (non-hydrogen) atoms. The summed E-state index contributed by atoms with van der Waals surface area (Å²) in [5, 5.41) is 0. The largest absolute Gasteiger partial charge is 0.0585 e. The standard InChI is InChI=1S/C19H22/c1-13-6-7-18(10-14(13)2)8-9-19-11-15(3)17(5)16(4)12-19/h6-12H,1-5H3/b9-8-. The van der Waals surface area contributed by atoms with E-state index in [4.69, 9.17) is 0 Å². The van der Waals surface area contributed by atoms with Crippen molar-refractivity contribution >= 4 is 12.2 Å². The van der Waals surface area contributed by atoms with Gasteiger partial charge in [-0.2, -0.15) is 0 Å². The first kappa shape index (κ1) is 13.6. The fourth-order valence-electron chi connectivity index (χ4n) is 2.23. The molecule has 0 heterocycles. The minimum absolute atomic E-state index is 1.26. The van der Waals surface area contributed by atoms with Gasteiger partial charge in [-0.05, 0) is 73.6 Å². The maximum Gasteiger partial charge on any atom is -0.0251 e. The van der Waals surface area contributed by atoms with E-state index in [2.05, 4.69) is 77.1 Å². The molecule has 0 amide bonds. The molecule has 2 rings (SSSR count). The normalized spacial score (nSPS) is 11.2. The SMILES string of the molecule is Cc1ccc(/C=C\c2cc(C)c(C)c(C)c2)cc1C. The van der Waals surface area contributed by atoms with Gasteiger partial charge in [-0.15, -0.1) is 0 Å². The summed E-state index contributed by atoms with van der Waals surface area (Å²) in [5.74, 6) is 0. The lowest BCUT2D eigenvalue weighted by atomic mass is 9.99. The van der Waals surface area contributed by atoms with E-state index in [0.29, 0.717) is 0 Å². The lowest BCUT2D eigenvalue weighted by Gasteiger charge is -2.06. The highest BCUT2D eigenvalue weighted by Gasteiger charge is 1.99. The van der Waals surface area contributed by atoms with Crippen molar-refractivity contribution in [1.29, 1.82) is 0 Å². The predicted octanol–water partition coefficient (Wildman–Crippen LogP) is 5.40. The Morgan fingerprint density at radius 2 is 1.11 bits per heavy atom. The molecule has 0 unspecified atom stereocenters. The van der Waals surface area contributed by atoms with Crippen LogP contribution in [0.5, 0.6) is 0 Å². The maximum absolute atomic E-state index is 2.25. The first-order valence-electron chi connectivity index (χ1n) is 6.80. The molecule has 0 fully saturated rings. The average molecular weight is 250 g/mol. The molecule has 0 nitrogen and oxygen atoms in total. The zero-order chi connectivity index (χ0) is 14.0. The van der Waals surface area contributed by atoms with Crippen molar-refractivity contribution in [1.82, 2.24) is 0 Å². The molecule has 0 saturated carbocycles. The smallest absolute Gasteiger partial charge is 0.0251 e. The van der Waals surface area contributed by atoms with Crippen molar-refractivity contribution in [3.63, 3.8) is 0 Å². The molecule has 2 aromatic rings. The van der Waals surface area contributed by atoms with Crippen molar-refractivity contribution in [3.8, 4) is 0 Å². The van der Waals surface area contributed by atoms with Crippen LogP contribution in [0.25, 0.3) is 12.2 Å². The zero-order valence-electron chi connectivity index (χ0n) is 12.5. The molecule has 98 valence electrons. The van der Waals surface area contributed by atoms with E-state index in [-0.39, 0.29) is 0 Å². The van der Waals surface area contributed by atoms with Gasteiger partial charge in [0.05, 0.1) is 0 Å². The Bertz CT molecular complexity index is 607. The average Bonchev–Trinajstić information content (AvgIpc) is 2.37. The highest BCUT2D eigenvalue weighted by atomic mass is 14.0. The van der Waals surface area contributed by atoms with Crippen molar-refractivity contribution in [2.24, 2.45) is 0 Å². The van der Waals surface area contributed by atoms with Gasteiger partial charge in [0.15, 0.2) is 0 Å². The summed E-state index contributed by atoms with van der Waals surface area (Å²) in [6.07, 6.45) is 4.39. The van der Waals surface area contributed by atoms with Gasteiger partial charge < -0.3 is 0 Å². The summed E-state index contributed by atoms with van der Waals surface area (Å²) in [6, 6.07) is 11.1. The molecular weight excluding hydrogens is 228 g/mol. The summed E-state index contributed by atoms with van der Waals surface area (Å²) >= 11 is 0. The topological polar surface area (TPSA) is 0 Å². The zero-order valence-corrected chi connectivity index (χ0v) is 12.5.